The summed E-state index contributed by atoms with van der Waals surface area (Å²) in [6.45, 7) is 3.79. The summed E-state index contributed by atoms with van der Waals surface area (Å²) < 4.78 is 5.05. The standard InChI is InChI=1S/C27H26Cl2N4O6/c1-15-5-3-6-17(11-15)21(14-23(34)35)30-24(36)25-32(26(37)18-7-8-19(28)20(29)13-18)9-4-10-33(25)27(38)22-12-16(2)39-31-22/h3,5-8,11-13,21,25H,4,9-10,14H2,1-2H3,(H,30,36)(H,34,35). The summed E-state index contributed by atoms with van der Waals surface area (Å²) in [5, 5.41) is 16.5. The van der Waals surface area contributed by atoms with Gasteiger partial charge in [-0.2, -0.15) is 0 Å². The molecule has 2 unspecified atom stereocenters. The molecule has 3 aromatic rings. The van der Waals surface area contributed by atoms with Crippen molar-refractivity contribution in [3.05, 3.63) is 86.7 Å². The van der Waals surface area contributed by atoms with Crippen LogP contribution in [0.1, 0.15) is 56.6 Å². The molecule has 1 aliphatic rings. The highest BCUT2D eigenvalue weighted by Crippen LogP contribution is 2.27. The van der Waals surface area contributed by atoms with E-state index in [0.717, 1.165) is 5.56 Å². The number of aryl methyl sites for hydroxylation is 2. The fourth-order valence-corrected chi connectivity index (χ4v) is 4.80. The molecule has 4 rings (SSSR count). The highest BCUT2D eigenvalue weighted by Gasteiger charge is 2.42. The Balaban J connectivity index is 1.72. The Morgan fingerprint density at radius 3 is 2.36 bits per heavy atom. The first-order chi connectivity index (χ1) is 18.5. The number of aliphatic carboxylic acids is 1. The van der Waals surface area contributed by atoms with Crippen LogP contribution in [0.3, 0.4) is 0 Å². The number of carbonyl (C=O) groups excluding carboxylic acids is 3. The lowest BCUT2D eigenvalue weighted by molar-refractivity contribution is -0.138. The maximum Gasteiger partial charge on any atom is 0.305 e. The summed E-state index contributed by atoms with van der Waals surface area (Å²) >= 11 is 12.1. The lowest BCUT2D eigenvalue weighted by Crippen LogP contribution is -2.63. The number of nitrogens with zero attached hydrogens (tertiary/aromatic N) is 3. The lowest BCUT2D eigenvalue weighted by atomic mass is 10.0. The highest BCUT2D eigenvalue weighted by atomic mass is 35.5. The molecular weight excluding hydrogens is 547 g/mol. The van der Waals surface area contributed by atoms with Crippen molar-refractivity contribution in [1.82, 2.24) is 20.3 Å². The number of nitrogens with one attached hydrogen (secondary N) is 1. The molecule has 12 heteroatoms. The average molecular weight is 573 g/mol. The topological polar surface area (TPSA) is 133 Å². The number of amides is 3. The second kappa shape index (κ2) is 11.9. The Morgan fingerprint density at radius 2 is 1.74 bits per heavy atom. The quantitative estimate of drug-likeness (QED) is 0.432. The van der Waals surface area contributed by atoms with E-state index in [1.807, 2.05) is 13.0 Å². The molecular formula is C27H26Cl2N4O6. The van der Waals surface area contributed by atoms with Crippen LogP contribution in [0.15, 0.2) is 53.1 Å². The Kier molecular flexibility index (Phi) is 8.57. The summed E-state index contributed by atoms with van der Waals surface area (Å²) in [7, 11) is 0. The number of carbonyl (C=O) groups is 4. The number of benzene rings is 2. The van der Waals surface area contributed by atoms with E-state index < -0.39 is 42.3 Å². The number of carboxylic acids is 1. The van der Waals surface area contributed by atoms with E-state index in [4.69, 9.17) is 27.7 Å². The minimum absolute atomic E-state index is 0.0186. The van der Waals surface area contributed by atoms with E-state index in [-0.39, 0.29) is 34.4 Å². The maximum atomic E-state index is 13.9. The summed E-state index contributed by atoms with van der Waals surface area (Å²) in [5.41, 5.74) is 1.61. The van der Waals surface area contributed by atoms with Gasteiger partial charge in [0.15, 0.2) is 11.9 Å². The molecule has 0 saturated carbocycles. The van der Waals surface area contributed by atoms with Crippen LogP contribution in [-0.2, 0) is 9.59 Å². The van der Waals surface area contributed by atoms with E-state index in [1.54, 1.807) is 25.1 Å². The predicted octanol–water partition coefficient (Wildman–Crippen LogP) is 4.24. The smallest absolute Gasteiger partial charge is 0.305 e. The van der Waals surface area contributed by atoms with Crippen LogP contribution in [0.4, 0.5) is 0 Å². The second-order valence-electron chi connectivity index (χ2n) is 9.25. The van der Waals surface area contributed by atoms with E-state index in [1.165, 1.54) is 34.1 Å². The van der Waals surface area contributed by atoms with Crippen molar-refractivity contribution in [3.63, 3.8) is 0 Å². The fourth-order valence-electron chi connectivity index (χ4n) is 4.50. The lowest BCUT2D eigenvalue weighted by Gasteiger charge is -2.43. The Hall–Kier alpha value is -3.89. The van der Waals surface area contributed by atoms with Crippen LogP contribution in [0.25, 0.3) is 0 Å². The number of halogens is 2. The van der Waals surface area contributed by atoms with Crippen molar-refractivity contribution >= 4 is 46.9 Å². The molecule has 1 saturated heterocycles. The minimum Gasteiger partial charge on any atom is -0.481 e. The van der Waals surface area contributed by atoms with Gasteiger partial charge < -0.3 is 24.7 Å². The maximum absolute atomic E-state index is 13.9. The number of carboxylic acid groups (broad SMARTS) is 1. The highest BCUT2D eigenvalue weighted by molar-refractivity contribution is 6.42. The number of hydrogen-bond acceptors (Lipinski definition) is 6. The first kappa shape index (κ1) is 28.1. The van der Waals surface area contributed by atoms with Gasteiger partial charge in [0.25, 0.3) is 17.7 Å². The van der Waals surface area contributed by atoms with Crippen LogP contribution in [0, 0.1) is 13.8 Å². The monoisotopic (exact) mass is 572 g/mol. The van der Waals surface area contributed by atoms with E-state index in [0.29, 0.717) is 17.7 Å². The molecule has 2 atom stereocenters. The van der Waals surface area contributed by atoms with Gasteiger partial charge >= 0.3 is 5.97 Å². The van der Waals surface area contributed by atoms with Crippen LogP contribution < -0.4 is 5.32 Å². The molecule has 1 aliphatic heterocycles. The molecule has 1 fully saturated rings. The third kappa shape index (κ3) is 6.40. The van der Waals surface area contributed by atoms with Crippen LogP contribution in [0.2, 0.25) is 10.0 Å². The summed E-state index contributed by atoms with van der Waals surface area (Å²) in [5.74, 6) is -2.59. The van der Waals surface area contributed by atoms with Gasteiger partial charge in [-0.15, -0.1) is 0 Å². The first-order valence-corrected chi connectivity index (χ1v) is 12.9. The molecule has 0 spiro atoms. The van der Waals surface area contributed by atoms with Crippen LogP contribution in [0.5, 0.6) is 0 Å². The van der Waals surface area contributed by atoms with E-state index >= 15 is 0 Å². The Labute approximate surface area is 234 Å². The molecule has 2 heterocycles. The summed E-state index contributed by atoms with van der Waals surface area (Å²) in [6, 6.07) is 12.0. The number of aromatic nitrogens is 1. The average Bonchev–Trinajstić information content (AvgIpc) is 3.34. The Bertz CT molecular complexity index is 1420. The molecule has 0 bridgehead atoms. The molecule has 0 aliphatic carbocycles. The van der Waals surface area contributed by atoms with Gasteiger partial charge in [-0.1, -0.05) is 58.2 Å². The molecule has 0 radical (unpaired) electrons. The zero-order chi connectivity index (χ0) is 28.3. The van der Waals surface area contributed by atoms with Crippen molar-refractivity contribution in [3.8, 4) is 0 Å². The summed E-state index contributed by atoms with van der Waals surface area (Å²) in [6.07, 6.45) is -1.42. The predicted molar refractivity (Wildman–Crippen MR) is 142 cm³/mol. The molecule has 1 aromatic heterocycles. The molecule has 39 heavy (non-hydrogen) atoms. The van der Waals surface area contributed by atoms with E-state index in [2.05, 4.69) is 10.5 Å². The number of rotatable bonds is 7. The van der Waals surface area contributed by atoms with Gasteiger partial charge in [-0.05, 0) is 44.0 Å². The Morgan fingerprint density at radius 1 is 1.03 bits per heavy atom. The fraction of sp³-hybridized carbons (Fsp3) is 0.296. The van der Waals surface area contributed by atoms with Crippen molar-refractivity contribution in [1.29, 1.82) is 0 Å². The van der Waals surface area contributed by atoms with Gasteiger partial charge in [0.05, 0.1) is 22.5 Å². The van der Waals surface area contributed by atoms with Gasteiger partial charge in [0, 0.05) is 24.7 Å². The van der Waals surface area contributed by atoms with E-state index in [9.17, 15) is 24.3 Å². The third-order valence-corrected chi connectivity index (χ3v) is 7.04. The van der Waals surface area contributed by atoms with Gasteiger partial charge in [-0.3, -0.25) is 19.2 Å². The largest absolute Gasteiger partial charge is 0.481 e. The van der Waals surface area contributed by atoms with Gasteiger partial charge in [-0.25, -0.2) is 0 Å². The molecule has 2 N–H and O–H groups in total. The molecule has 2 aromatic carbocycles. The molecule has 10 nitrogen and oxygen atoms in total. The van der Waals surface area contributed by atoms with Crippen LogP contribution >= 0.6 is 23.2 Å². The van der Waals surface area contributed by atoms with Crippen molar-refractivity contribution < 1.29 is 28.8 Å². The second-order valence-corrected chi connectivity index (χ2v) is 10.1. The van der Waals surface area contributed by atoms with Crippen molar-refractivity contribution in [2.45, 2.75) is 38.9 Å². The van der Waals surface area contributed by atoms with Gasteiger partial charge in [0.1, 0.15) is 5.76 Å². The third-order valence-electron chi connectivity index (χ3n) is 6.30. The zero-order valence-corrected chi connectivity index (χ0v) is 22.7. The molecule has 3 amide bonds. The van der Waals surface area contributed by atoms with Crippen LogP contribution in [-0.4, -0.2) is 63.0 Å². The van der Waals surface area contributed by atoms with Gasteiger partial charge in [0.2, 0.25) is 0 Å². The molecule has 204 valence electrons. The van der Waals surface area contributed by atoms with Crippen molar-refractivity contribution in [2.24, 2.45) is 0 Å². The number of hydrogen-bond donors (Lipinski definition) is 2. The first-order valence-electron chi connectivity index (χ1n) is 12.1. The normalized spacial score (nSPS) is 16.1. The zero-order valence-electron chi connectivity index (χ0n) is 21.2. The summed E-state index contributed by atoms with van der Waals surface area (Å²) in [4.78, 5) is 55.2. The SMILES string of the molecule is Cc1cccc(C(CC(=O)O)NC(=O)C2N(C(=O)c3ccc(Cl)c(Cl)c3)CCCN2C(=O)c2cc(C)on2)c1. The minimum atomic E-state index is -1.40. The van der Waals surface area contributed by atoms with Crippen molar-refractivity contribution in [2.75, 3.05) is 13.1 Å².